The fourth-order valence-electron chi connectivity index (χ4n) is 1.60. The Morgan fingerprint density at radius 2 is 1.95 bits per heavy atom. The number of hydrogen-bond donors (Lipinski definition) is 1. The van der Waals surface area contributed by atoms with E-state index in [0.717, 1.165) is 11.8 Å². The zero-order valence-electron chi connectivity index (χ0n) is 10.7. The van der Waals surface area contributed by atoms with Crippen molar-refractivity contribution in [2.75, 3.05) is 5.75 Å². The predicted octanol–water partition coefficient (Wildman–Crippen LogP) is 1.08. The third-order valence-corrected chi connectivity index (χ3v) is 3.88. The van der Waals surface area contributed by atoms with E-state index in [9.17, 15) is 19.2 Å². The second-order valence-electron chi connectivity index (χ2n) is 4.15. The predicted molar refractivity (Wildman–Crippen MR) is 78.6 cm³/mol. The van der Waals surface area contributed by atoms with Gasteiger partial charge in [0.05, 0.1) is 11.7 Å². The van der Waals surface area contributed by atoms with Crippen LogP contribution < -0.4 is 0 Å². The Morgan fingerprint density at radius 3 is 2.52 bits per heavy atom. The van der Waals surface area contributed by atoms with Crippen LogP contribution in [0.2, 0.25) is 0 Å². The number of carbonyl (C=O) groups excluding carboxylic acids is 4. The van der Waals surface area contributed by atoms with E-state index < -0.39 is 23.0 Å². The van der Waals surface area contributed by atoms with Gasteiger partial charge in [-0.3, -0.25) is 14.4 Å². The molecule has 0 spiro atoms. The summed E-state index contributed by atoms with van der Waals surface area (Å²) >= 11 is 4.64. The van der Waals surface area contributed by atoms with Crippen LogP contribution in [0.1, 0.15) is 16.8 Å². The highest BCUT2D eigenvalue weighted by atomic mass is 32.2. The minimum Gasteiger partial charge on any atom is -0.329 e. The summed E-state index contributed by atoms with van der Waals surface area (Å²) in [5, 5.41) is -0.671. The molecule has 0 aliphatic carbocycles. The van der Waals surface area contributed by atoms with Gasteiger partial charge in [-0.05, 0) is 0 Å². The van der Waals surface area contributed by atoms with E-state index in [0.29, 0.717) is 10.6 Å². The van der Waals surface area contributed by atoms with Gasteiger partial charge < -0.3 is 4.84 Å². The van der Waals surface area contributed by atoms with Crippen LogP contribution in [0.5, 0.6) is 0 Å². The molecule has 21 heavy (non-hydrogen) atoms. The first-order valence-corrected chi connectivity index (χ1v) is 7.47. The molecule has 8 heteroatoms. The van der Waals surface area contributed by atoms with Crippen molar-refractivity contribution in [2.24, 2.45) is 0 Å². The Bertz CT molecular complexity index is 589. The molecule has 1 aromatic rings. The Morgan fingerprint density at radius 1 is 1.29 bits per heavy atom. The van der Waals surface area contributed by atoms with Gasteiger partial charge in [0.25, 0.3) is 11.8 Å². The number of thioether (sulfide) groups is 1. The molecular formula is C13H11NO5S2. The Balaban J connectivity index is 1.84. The third kappa shape index (κ3) is 3.85. The van der Waals surface area contributed by atoms with Crippen LogP contribution >= 0.6 is 24.4 Å². The second kappa shape index (κ2) is 6.77. The molecule has 110 valence electrons. The van der Waals surface area contributed by atoms with Gasteiger partial charge in [-0.25, -0.2) is 4.79 Å². The van der Waals surface area contributed by atoms with Crippen molar-refractivity contribution in [3.63, 3.8) is 0 Å². The molecule has 2 amide bonds. The van der Waals surface area contributed by atoms with Gasteiger partial charge in [-0.15, -0.1) is 5.06 Å². The maximum Gasteiger partial charge on any atom is 0.343 e. The Kier molecular flexibility index (Phi) is 5.03. The molecule has 1 atom stereocenters. The minimum absolute atomic E-state index is 0.106. The molecule has 1 aliphatic rings. The monoisotopic (exact) mass is 325 g/mol. The van der Waals surface area contributed by atoms with E-state index in [-0.39, 0.29) is 17.3 Å². The van der Waals surface area contributed by atoms with E-state index in [1.807, 2.05) is 0 Å². The first-order chi connectivity index (χ1) is 9.99. The SMILES string of the molecule is O=C(CSC(=O)c1ccccc1)ON1C(=O)CC(S)C1=O. The Labute approximate surface area is 130 Å². The van der Waals surface area contributed by atoms with Crippen LogP contribution in [0, 0.1) is 0 Å². The molecule has 0 radical (unpaired) electrons. The van der Waals surface area contributed by atoms with Gasteiger partial charge in [-0.1, -0.05) is 42.1 Å². The largest absolute Gasteiger partial charge is 0.343 e. The fourth-order valence-corrected chi connectivity index (χ4v) is 2.47. The molecular weight excluding hydrogens is 314 g/mol. The van der Waals surface area contributed by atoms with Gasteiger partial charge in [0, 0.05) is 5.56 Å². The number of hydrogen-bond acceptors (Lipinski definition) is 7. The molecule has 0 N–H and O–H groups in total. The molecule has 1 fully saturated rings. The molecule has 1 aromatic carbocycles. The molecule has 6 nitrogen and oxygen atoms in total. The molecule has 1 saturated heterocycles. The number of hydroxylamine groups is 2. The lowest BCUT2D eigenvalue weighted by Gasteiger charge is -2.12. The van der Waals surface area contributed by atoms with Gasteiger partial charge in [0.1, 0.15) is 5.75 Å². The molecule has 1 unspecified atom stereocenters. The lowest BCUT2D eigenvalue weighted by molar-refractivity contribution is -0.195. The van der Waals surface area contributed by atoms with Crippen LogP contribution in [-0.2, 0) is 19.2 Å². The highest BCUT2D eigenvalue weighted by Crippen LogP contribution is 2.19. The van der Waals surface area contributed by atoms with Crippen LogP contribution in [0.15, 0.2) is 30.3 Å². The van der Waals surface area contributed by atoms with Crippen LogP contribution in [0.25, 0.3) is 0 Å². The summed E-state index contributed by atoms with van der Waals surface area (Å²) in [6, 6.07) is 8.44. The molecule has 1 heterocycles. The molecule has 0 bridgehead atoms. The summed E-state index contributed by atoms with van der Waals surface area (Å²) in [5.41, 5.74) is 0.457. The lowest BCUT2D eigenvalue weighted by atomic mass is 10.2. The lowest BCUT2D eigenvalue weighted by Crippen LogP contribution is -2.34. The van der Waals surface area contributed by atoms with Gasteiger partial charge in [0.15, 0.2) is 0 Å². The first kappa shape index (κ1) is 15.6. The van der Waals surface area contributed by atoms with Crippen LogP contribution in [-0.4, -0.2) is 39.0 Å². The van der Waals surface area contributed by atoms with Crippen LogP contribution in [0.4, 0.5) is 0 Å². The first-order valence-electron chi connectivity index (χ1n) is 5.97. The molecule has 1 aliphatic heterocycles. The number of thiol groups is 1. The van der Waals surface area contributed by atoms with Crippen molar-refractivity contribution in [1.82, 2.24) is 5.06 Å². The minimum atomic E-state index is -0.839. The van der Waals surface area contributed by atoms with Crippen molar-refractivity contribution in [1.29, 1.82) is 0 Å². The zero-order valence-corrected chi connectivity index (χ0v) is 12.4. The summed E-state index contributed by atoms with van der Waals surface area (Å²) in [7, 11) is 0. The van der Waals surface area contributed by atoms with Gasteiger partial charge in [0.2, 0.25) is 5.12 Å². The molecule has 2 rings (SSSR count). The smallest absolute Gasteiger partial charge is 0.329 e. The molecule has 0 saturated carbocycles. The zero-order chi connectivity index (χ0) is 15.4. The van der Waals surface area contributed by atoms with Crippen molar-refractivity contribution < 1.29 is 24.0 Å². The normalized spacial score (nSPS) is 18.0. The number of amides is 2. The number of benzene rings is 1. The summed E-state index contributed by atoms with van der Waals surface area (Å²) in [6.45, 7) is 0. The van der Waals surface area contributed by atoms with Gasteiger partial charge in [-0.2, -0.15) is 12.6 Å². The van der Waals surface area contributed by atoms with E-state index >= 15 is 0 Å². The highest BCUT2D eigenvalue weighted by Gasteiger charge is 2.39. The maximum atomic E-state index is 11.8. The average Bonchev–Trinajstić information content (AvgIpc) is 2.72. The van der Waals surface area contributed by atoms with E-state index in [2.05, 4.69) is 17.5 Å². The number of carbonyl (C=O) groups is 4. The highest BCUT2D eigenvalue weighted by molar-refractivity contribution is 8.14. The van der Waals surface area contributed by atoms with E-state index in [4.69, 9.17) is 0 Å². The summed E-state index contributed by atoms with van der Waals surface area (Å²) in [6.07, 6.45) is -0.106. The molecule has 0 aromatic heterocycles. The number of rotatable bonds is 4. The summed E-state index contributed by atoms with van der Waals surface area (Å²) in [5.74, 6) is -2.42. The van der Waals surface area contributed by atoms with Gasteiger partial charge >= 0.3 is 5.97 Å². The Hall–Kier alpha value is -1.80. The van der Waals surface area contributed by atoms with E-state index in [1.54, 1.807) is 30.3 Å². The fraction of sp³-hybridized carbons (Fsp3) is 0.231. The van der Waals surface area contributed by atoms with Crippen molar-refractivity contribution in [3.8, 4) is 0 Å². The van der Waals surface area contributed by atoms with Crippen molar-refractivity contribution >= 4 is 47.3 Å². The summed E-state index contributed by atoms with van der Waals surface area (Å²) in [4.78, 5) is 50.9. The summed E-state index contributed by atoms with van der Waals surface area (Å²) < 4.78 is 0. The third-order valence-electron chi connectivity index (χ3n) is 2.60. The number of imide groups is 1. The van der Waals surface area contributed by atoms with Crippen molar-refractivity contribution in [3.05, 3.63) is 35.9 Å². The standard InChI is InChI=1S/C13H11NO5S2/c15-10-6-9(20)12(17)14(10)19-11(16)7-21-13(18)8-4-2-1-3-5-8/h1-5,9,20H,6-7H2. The second-order valence-corrected chi connectivity index (χ2v) is 5.72. The van der Waals surface area contributed by atoms with Crippen LogP contribution in [0.3, 0.4) is 0 Å². The topological polar surface area (TPSA) is 80.8 Å². The quantitative estimate of drug-likeness (QED) is 0.659. The van der Waals surface area contributed by atoms with E-state index in [1.165, 1.54) is 0 Å². The average molecular weight is 325 g/mol. The maximum absolute atomic E-state index is 11.8. The number of nitrogens with zero attached hydrogens (tertiary/aromatic N) is 1. The van der Waals surface area contributed by atoms with Crippen molar-refractivity contribution in [2.45, 2.75) is 11.7 Å².